The van der Waals surface area contributed by atoms with Crippen LogP contribution in [0.1, 0.15) is 30.3 Å². The fourth-order valence-corrected chi connectivity index (χ4v) is 3.80. The Kier molecular flexibility index (Phi) is 4.51. The smallest absolute Gasteiger partial charge is 0.309 e. The first-order valence-corrected chi connectivity index (χ1v) is 9.72. The van der Waals surface area contributed by atoms with Crippen molar-refractivity contribution >= 4 is 10.9 Å². The maximum Gasteiger partial charge on any atom is 0.433 e. The van der Waals surface area contributed by atoms with E-state index in [0.29, 0.717) is 5.52 Å². The molecule has 1 saturated heterocycles. The van der Waals surface area contributed by atoms with Gasteiger partial charge < -0.3 is 5.32 Å². The minimum Gasteiger partial charge on any atom is -0.309 e. The van der Waals surface area contributed by atoms with E-state index in [1.165, 1.54) is 16.8 Å². The molecule has 0 spiro atoms. The molecule has 0 radical (unpaired) electrons. The van der Waals surface area contributed by atoms with Gasteiger partial charge in [0.05, 0.1) is 23.1 Å². The van der Waals surface area contributed by atoms with Crippen molar-refractivity contribution in [2.24, 2.45) is 0 Å². The highest BCUT2D eigenvalue weighted by Gasteiger charge is 2.32. The molecule has 1 unspecified atom stereocenters. The molecule has 0 saturated carbocycles. The number of benzene rings is 1. The van der Waals surface area contributed by atoms with Crippen molar-refractivity contribution in [2.45, 2.75) is 25.1 Å². The first kappa shape index (κ1) is 18.7. The molecule has 1 aliphatic rings. The summed E-state index contributed by atoms with van der Waals surface area (Å²) in [6.45, 7) is 0.992. The molecule has 0 amide bonds. The zero-order valence-electron chi connectivity index (χ0n) is 15.9. The first-order chi connectivity index (χ1) is 14.5. The van der Waals surface area contributed by atoms with Crippen LogP contribution in [-0.2, 0) is 6.18 Å². The third-order valence-electron chi connectivity index (χ3n) is 5.30. The summed E-state index contributed by atoms with van der Waals surface area (Å²) < 4.78 is 40.6. The van der Waals surface area contributed by atoms with Crippen LogP contribution in [0.4, 0.5) is 13.2 Å². The summed E-state index contributed by atoms with van der Waals surface area (Å²) in [6, 6.07) is 15.7. The highest BCUT2D eigenvalue weighted by Crippen LogP contribution is 2.30. The molecule has 5 nitrogen and oxygen atoms in total. The lowest BCUT2D eigenvalue weighted by molar-refractivity contribution is -0.141. The van der Waals surface area contributed by atoms with Crippen LogP contribution in [0.15, 0.2) is 60.8 Å². The van der Waals surface area contributed by atoms with Gasteiger partial charge in [-0.2, -0.15) is 18.3 Å². The third-order valence-corrected chi connectivity index (χ3v) is 5.30. The minimum absolute atomic E-state index is 0.119. The van der Waals surface area contributed by atoms with Gasteiger partial charge in [0, 0.05) is 17.0 Å². The monoisotopic (exact) mass is 409 g/mol. The molecular weight excluding hydrogens is 391 g/mol. The Morgan fingerprint density at radius 3 is 2.67 bits per heavy atom. The number of hydrogen-bond donors (Lipinski definition) is 1. The fourth-order valence-electron chi connectivity index (χ4n) is 3.80. The second kappa shape index (κ2) is 7.21. The van der Waals surface area contributed by atoms with Crippen LogP contribution in [0, 0.1) is 0 Å². The van der Waals surface area contributed by atoms with Crippen molar-refractivity contribution < 1.29 is 13.2 Å². The van der Waals surface area contributed by atoms with Crippen LogP contribution in [-0.4, -0.2) is 26.3 Å². The van der Waals surface area contributed by atoms with Crippen molar-refractivity contribution in [1.82, 2.24) is 25.1 Å². The molecule has 1 N–H and O–H groups in total. The predicted molar refractivity (Wildman–Crippen MR) is 107 cm³/mol. The third kappa shape index (κ3) is 3.43. The van der Waals surface area contributed by atoms with Gasteiger partial charge in [0.15, 0.2) is 5.82 Å². The van der Waals surface area contributed by atoms with Crippen LogP contribution in [0.25, 0.3) is 28.0 Å². The van der Waals surface area contributed by atoms with E-state index in [9.17, 15) is 13.2 Å². The Labute approximate surface area is 170 Å². The zero-order chi connectivity index (χ0) is 20.7. The Morgan fingerprint density at radius 2 is 1.87 bits per heavy atom. The van der Waals surface area contributed by atoms with E-state index in [1.807, 2.05) is 36.4 Å². The van der Waals surface area contributed by atoms with Crippen molar-refractivity contribution in [3.63, 3.8) is 0 Å². The molecule has 8 heteroatoms. The number of halogens is 3. The van der Waals surface area contributed by atoms with Gasteiger partial charge in [0.1, 0.15) is 5.69 Å². The number of nitrogens with zero attached hydrogens (tertiary/aromatic N) is 4. The van der Waals surface area contributed by atoms with E-state index in [1.54, 1.807) is 6.20 Å². The van der Waals surface area contributed by atoms with E-state index < -0.39 is 11.9 Å². The van der Waals surface area contributed by atoms with Crippen LogP contribution >= 0.6 is 0 Å². The first-order valence-electron chi connectivity index (χ1n) is 9.72. The summed E-state index contributed by atoms with van der Waals surface area (Å²) in [4.78, 5) is 8.57. The van der Waals surface area contributed by atoms with Gasteiger partial charge >= 0.3 is 6.18 Å². The van der Waals surface area contributed by atoms with Gasteiger partial charge in [-0.1, -0.05) is 24.3 Å². The van der Waals surface area contributed by atoms with Crippen LogP contribution in [0.2, 0.25) is 0 Å². The highest BCUT2D eigenvalue weighted by atomic mass is 19.4. The maximum absolute atomic E-state index is 13.1. The number of aromatic nitrogens is 4. The maximum atomic E-state index is 13.1. The van der Waals surface area contributed by atoms with E-state index >= 15 is 0 Å². The van der Waals surface area contributed by atoms with E-state index in [-0.39, 0.29) is 11.9 Å². The van der Waals surface area contributed by atoms with Gasteiger partial charge in [-0.15, -0.1) is 0 Å². The minimum atomic E-state index is -4.51. The van der Waals surface area contributed by atoms with Crippen LogP contribution in [0.3, 0.4) is 0 Å². The summed E-state index contributed by atoms with van der Waals surface area (Å²) in [5.41, 5.74) is 2.41. The van der Waals surface area contributed by atoms with Crippen LogP contribution < -0.4 is 5.32 Å². The quantitative estimate of drug-likeness (QED) is 0.522. The lowest BCUT2D eigenvalue weighted by atomic mass is 10.1. The molecule has 0 bridgehead atoms. The molecular formula is C22H18F3N5. The predicted octanol–water partition coefficient (Wildman–Crippen LogP) is 4.93. The lowest BCUT2D eigenvalue weighted by Gasteiger charge is -2.11. The normalized spacial score (nSPS) is 17.0. The highest BCUT2D eigenvalue weighted by molar-refractivity contribution is 5.84. The van der Waals surface area contributed by atoms with E-state index in [0.717, 1.165) is 47.8 Å². The average Bonchev–Trinajstić information content (AvgIpc) is 3.43. The summed E-state index contributed by atoms with van der Waals surface area (Å²) in [6.07, 6.45) is -0.703. The van der Waals surface area contributed by atoms with Gasteiger partial charge in [0.25, 0.3) is 0 Å². The van der Waals surface area contributed by atoms with Crippen molar-refractivity contribution in [1.29, 1.82) is 0 Å². The van der Waals surface area contributed by atoms with Gasteiger partial charge in [-0.25, -0.2) is 9.67 Å². The standard InChI is InChI=1S/C22H18F3N5/c23-22(24,25)20-7-2-8-21(29-20)30-19-12-14(9-10-15(19)13-27-30)16-4-1-5-18(28-16)17-6-3-11-26-17/h1-2,4-5,7-10,12-13,17,26H,3,6,11H2. The SMILES string of the molecule is FC(F)(F)c1cccc(-n2ncc3ccc(-c4cccc(C5CCCN5)n4)cc32)n1. The molecule has 0 aliphatic carbocycles. The molecule has 4 heterocycles. The number of rotatable bonds is 3. The molecule has 1 atom stereocenters. The van der Waals surface area contributed by atoms with Gasteiger partial charge in [0.2, 0.25) is 0 Å². The second-order valence-corrected chi connectivity index (χ2v) is 7.31. The summed E-state index contributed by atoms with van der Waals surface area (Å²) in [5, 5.41) is 8.52. The molecule has 5 rings (SSSR count). The van der Waals surface area contributed by atoms with Gasteiger partial charge in [-0.3, -0.25) is 4.98 Å². The number of alkyl halides is 3. The second-order valence-electron chi connectivity index (χ2n) is 7.31. The number of hydrogen-bond acceptors (Lipinski definition) is 4. The Balaban J connectivity index is 1.57. The van der Waals surface area contributed by atoms with E-state index in [2.05, 4.69) is 15.4 Å². The fraction of sp³-hybridized carbons (Fsp3) is 0.227. The number of fused-ring (bicyclic) bond motifs is 1. The molecule has 1 aromatic carbocycles. The molecule has 3 aromatic heterocycles. The van der Waals surface area contributed by atoms with Gasteiger partial charge in [-0.05, 0) is 49.7 Å². The largest absolute Gasteiger partial charge is 0.433 e. The van der Waals surface area contributed by atoms with Crippen molar-refractivity contribution in [2.75, 3.05) is 6.54 Å². The van der Waals surface area contributed by atoms with Crippen molar-refractivity contribution in [3.8, 4) is 17.1 Å². The molecule has 152 valence electrons. The Hall–Kier alpha value is -3.26. The zero-order valence-corrected chi connectivity index (χ0v) is 15.9. The van der Waals surface area contributed by atoms with Crippen molar-refractivity contribution in [3.05, 3.63) is 72.2 Å². The van der Waals surface area contributed by atoms with Crippen LogP contribution in [0.5, 0.6) is 0 Å². The summed E-state index contributed by atoms with van der Waals surface area (Å²) in [7, 11) is 0. The topological polar surface area (TPSA) is 55.6 Å². The average molecular weight is 409 g/mol. The Morgan fingerprint density at radius 1 is 1.00 bits per heavy atom. The molecule has 4 aromatic rings. The summed E-state index contributed by atoms with van der Waals surface area (Å²) in [5.74, 6) is 0.119. The Bertz CT molecular complexity index is 1210. The molecule has 1 fully saturated rings. The molecule has 30 heavy (non-hydrogen) atoms. The van der Waals surface area contributed by atoms with E-state index in [4.69, 9.17) is 4.98 Å². The molecule has 1 aliphatic heterocycles. The number of nitrogens with one attached hydrogen (secondary N) is 1. The number of pyridine rings is 2. The lowest BCUT2D eigenvalue weighted by Crippen LogP contribution is -2.14. The summed E-state index contributed by atoms with van der Waals surface area (Å²) >= 11 is 0.